The van der Waals surface area contributed by atoms with Crippen molar-refractivity contribution in [1.29, 1.82) is 0 Å². The van der Waals surface area contributed by atoms with Crippen LogP contribution in [0.2, 0.25) is 0 Å². The number of benzene rings is 1. The van der Waals surface area contributed by atoms with Crippen LogP contribution >= 0.6 is 0 Å². The van der Waals surface area contributed by atoms with E-state index in [1.165, 1.54) is 0 Å². The molecule has 1 amide bonds. The lowest BCUT2D eigenvalue weighted by Gasteiger charge is -2.30. The van der Waals surface area contributed by atoms with Crippen LogP contribution in [0.1, 0.15) is 32.9 Å². The lowest BCUT2D eigenvalue weighted by Crippen LogP contribution is -2.39. The molecule has 1 aliphatic rings. The third kappa shape index (κ3) is 2.98. The van der Waals surface area contributed by atoms with Crippen molar-refractivity contribution in [2.24, 2.45) is 0 Å². The van der Waals surface area contributed by atoms with E-state index >= 15 is 0 Å². The number of carbonyl (C=O) groups is 1. The molecule has 0 aliphatic carbocycles. The van der Waals surface area contributed by atoms with Crippen molar-refractivity contribution in [2.45, 2.75) is 32.8 Å². The average molecular weight is 299 g/mol. The van der Waals surface area contributed by atoms with Crippen LogP contribution in [0.4, 0.5) is 4.79 Å². The largest absolute Gasteiger partial charge is 0.444 e. The topological polar surface area (TPSA) is 58.2 Å². The Hall–Kier alpha value is -2.30. The molecular formula is C17H21N3O2. The van der Waals surface area contributed by atoms with Crippen molar-refractivity contribution in [3.05, 3.63) is 36.0 Å². The summed E-state index contributed by atoms with van der Waals surface area (Å²) in [4.78, 5) is 14.0. The molecule has 0 fully saturated rings. The first-order chi connectivity index (χ1) is 10.4. The van der Waals surface area contributed by atoms with Gasteiger partial charge in [-0.05, 0) is 38.8 Å². The van der Waals surface area contributed by atoms with Gasteiger partial charge < -0.3 is 9.64 Å². The van der Waals surface area contributed by atoms with Crippen molar-refractivity contribution >= 4 is 22.6 Å². The molecular weight excluding hydrogens is 278 g/mol. The van der Waals surface area contributed by atoms with E-state index in [-0.39, 0.29) is 6.09 Å². The van der Waals surface area contributed by atoms with Crippen LogP contribution in [0.15, 0.2) is 30.3 Å². The Labute approximate surface area is 129 Å². The van der Waals surface area contributed by atoms with Gasteiger partial charge in [-0.2, -0.15) is 5.10 Å². The summed E-state index contributed by atoms with van der Waals surface area (Å²) < 4.78 is 5.46. The number of carbonyl (C=O) groups excluding carboxylic acids is 1. The van der Waals surface area contributed by atoms with Gasteiger partial charge in [-0.3, -0.25) is 5.10 Å². The number of ether oxygens (including phenoxy) is 1. The highest BCUT2D eigenvalue weighted by atomic mass is 16.6. The van der Waals surface area contributed by atoms with E-state index in [4.69, 9.17) is 4.74 Å². The van der Waals surface area contributed by atoms with Crippen LogP contribution in [-0.2, 0) is 4.74 Å². The van der Waals surface area contributed by atoms with Gasteiger partial charge in [-0.25, -0.2) is 4.79 Å². The third-order valence-corrected chi connectivity index (χ3v) is 3.58. The molecule has 0 radical (unpaired) electrons. The van der Waals surface area contributed by atoms with Gasteiger partial charge in [0.1, 0.15) is 5.60 Å². The zero-order valence-corrected chi connectivity index (χ0v) is 13.2. The number of hydrogen-bond donors (Lipinski definition) is 1. The number of rotatable bonds is 1. The molecule has 0 saturated heterocycles. The van der Waals surface area contributed by atoms with Crippen LogP contribution in [0.5, 0.6) is 0 Å². The fourth-order valence-electron chi connectivity index (χ4n) is 2.61. The summed E-state index contributed by atoms with van der Waals surface area (Å²) in [5.41, 5.74) is 2.52. The first-order valence-corrected chi connectivity index (χ1v) is 7.54. The molecule has 1 aromatic heterocycles. The molecule has 116 valence electrons. The summed E-state index contributed by atoms with van der Waals surface area (Å²) in [5, 5.41) is 8.54. The number of nitrogens with one attached hydrogen (secondary N) is 1. The zero-order valence-electron chi connectivity index (χ0n) is 13.2. The molecule has 22 heavy (non-hydrogen) atoms. The van der Waals surface area contributed by atoms with Gasteiger partial charge in [-0.1, -0.05) is 24.3 Å². The highest BCUT2D eigenvalue weighted by Crippen LogP contribution is 2.26. The third-order valence-electron chi connectivity index (χ3n) is 3.58. The van der Waals surface area contributed by atoms with E-state index in [0.29, 0.717) is 13.1 Å². The monoisotopic (exact) mass is 299 g/mol. The number of fused-ring (bicyclic) bond motifs is 1. The van der Waals surface area contributed by atoms with Gasteiger partial charge in [0.15, 0.2) is 0 Å². The minimum absolute atomic E-state index is 0.266. The number of amides is 1. The van der Waals surface area contributed by atoms with Gasteiger partial charge in [0, 0.05) is 11.9 Å². The smallest absolute Gasteiger partial charge is 0.410 e. The molecule has 1 aliphatic heterocycles. The fraction of sp³-hybridized carbons (Fsp3) is 0.412. The van der Waals surface area contributed by atoms with Crippen molar-refractivity contribution in [3.8, 4) is 0 Å². The number of hydrogen-bond acceptors (Lipinski definition) is 3. The summed E-state index contributed by atoms with van der Waals surface area (Å²) in [6.45, 7) is 6.86. The average Bonchev–Trinajstić information content (AvgIpc) is 2.89. The predicted octanol–water partition coefficient (Wildman–Crippen LogP) is 3.59. The van der Waals surface area contributed by atoms with E-state index in [1.54, 1.807) is 4.90 Å². The number of aromatic nitrogens is 2. The van der Waals surface area contributed by atoms with E-state index in [1.807, 2.05) is 45.0 Å². The van der Waals surface area contributed by atoms with Gasteiger partial charge in [0.05, 0.1) is 17.8 Å². The molecule has 1 aromatic carbocycles. The second-order valence-electron chi connectivity index (χ2n) is 6.54. The highest BCUT2D eigenvalue weighted by Gasteiger charge is 2.25. The first-order valence-electron chi connectivity index (χ1n) is 7.54. The van der Waals surface area contributed by atoms with Gasteiger partial charge in [0.25, 0.3) is 0 Å². The second-order valence-corrected chi connectivity index (χ2v) is 6.54. The summed E-state index contributed by atoms with van der Waals surface area (Å²) in [7, 11) is 0. The molecule has 0 spiro atoms. The minimum atomic E-state index is -0.475. The molecule has 2 heterocycles. The second kappa shape index (κ2) is 5.48. The lowest BCUT2D eigenvalue weighted by atomic mass is 10.0. The number of aromatic amines is 1. The number of para-hydroxylation sites is 1. The van der Waals surface area contributed by atoms with Crippen LogP contribution in [0, 0.1) is 0 Å². The lowest BCUT2D eigenvalue weighted by molar-refractivity contribution is 0.0273. The molecule has 0 saturated carbocycles. The van der Waals surface area contributed by atoms with Crippen LogP contribution in [-0.4, -0.2) is 39.9 Å². The number of nitrogens with zero attached hydrogens (tertiary/aromatic N) is 2. The minimum Gasteiger partial charge on any atom is -0.444 e. The molecule has 1 N–H and O–H groups in total. The molecule has 0 unspecified atom stereocenters. The summed E-state index contributed by atoms with van der Waals surface area (Å²) in [6, 6.07) is 8.02. The maximum Gasteiger partial charge on any atom is 0.410 e. The summed E-state index contributed by atoms with van der Waals surface area (Å²) >= 11 is 0. The summed E-state index contributed by atoms with van der Waals surface area (Å²) in [5.74, 6) is 0. The van der Waals surface area contributed by atoms with Gasteiger partial charge in [0.2, 0.25) is 0 Å². The molecule has 5 nitrogen and oxygen atoms in total. The predicted molar refractivity (Wildman–Crippen MR) is 86.5 cm³/mol. The first kappa shape index (κ1) is 14.6. The standard InChI is InChI=1S/C17H21N3O2/c1-17(2,3)22-16(21)20-10-6-7-12(11-20)15-13-8-4-5-9-14(13)18-19-15/h4-5,7-9H,6,10-11H2,1-3H3,(H,18,19). The molecule has 5 heteroatoms. The Morgan fingerprint density at radius 1 is 1.32 bits per heavy atom. The Kier molecular flexibility index (Phi) is 3.64. The number of H-pyrrole nitrogens is 1. The Bertz CT molecular complexity index is 725. The van der Waals surface area contributed by atoms with Crippen LogP contribution in [0.25, 0.3) is 16.5 Å². The maximum absolute atomic E-state index is 12.2. The van der Waals surface area contributed by atoms with E-state index in [2.05, 4.69) is 16.3 Å². The fourth-order valence-corrected chi connectivity index (χ4v) is 2.61. The van der Waals surface area contributed by atoms with Gasteiger partial charge in [-0.15, -0.1) is 0 Å². The van der Waals surface area contributed by atoms with Crippen LogP contribution in [0.3, 0.4) is 0 Å². The van der Waals surface area contributed by atoms with E-state index in [9.17, 15) is 4.79 Å². The Morgan fingerprint density at radius 2 is 2.09 bits per heavy atom. The quantitative estimate of drug-likeness (QED) is 0.875. The van der Waals surface area contributed by atoms with Crippen molar-refractivity contribution in [1.82, 2.24) is 15.1 Å². The summed E-state index contributed by atoms with van der Waals surface area (Å²) in [6.07, 6.45) is 2.71. The Morgan fingerprint density at radius 3 is 2.86 bits per heavy atom. The normalized spacial score (nSPS) is 15.8. The molecule has 0 bridgehead atoms. The zero-order chi connectivity index (χ0) is 15.7. The van der Waals surface area contributed by atoms with E-state index < -0.39 is 5.60 Å². The SMILES string of the molecule is CC(C)(C)OC(=O)N1CCC=C(c2n[nH]c3ccccc23)C1. The van der Waals surface area contributed by atoms with Crippen LogP contribution < -0.4 is 0 Å². The Balaban J connectivity index is 1.81. The molecule has 2 aromatic rings. The molecule has 0 atom stereocenters. The van der Waals surface area contributed by atoms with Crippen molar-refractivity contribution in [3.63, 3.8) is 0 Å². The van der Waals surface area contributed by atoms with Gasteiger partial charge >= 0.3 is 6.09 Å². The maximum atomic E-state index is 12.2. The molecule has 3 rings (SSSR count). The van der Waals surface area contributed by atoms with E-state index in [0.717, 1.165) is 28.6 Å². The van der Waals surface area contributed by atoms with Crippen molar-refractivity contribution < 1.29 is 9.53 Å². The highest BCUT2D eigenvalue weighted by molar-refractivity contribution is 5.91. The van der Waals surface area contributed by atoms with Crippen molar-refractivity contribution in [2.75, 3.05) is 13.1 Å².